The van der Waals surface area contributed by atoms with Crippen LogP contribution in [0.25, 0.3) is 0 Å². The Morgan fingerprint density at radius 2 is 2.20 bits per heavy atom. The van der Waals surface area contributed by atoms with Crippen LogP contribution in [0.5, 0.6) is 0 Å². The number of ether oxygens (including phenoxy) is 2. The van der Waals surface area contributed by atoms with Gasteiger partial charge in [-0.3, -0.25) is 4.79 Å². The first-order valence-corrected chi connectivity index (χ1v) is 5.46. The van der Waals surface area contributed by atoms with Crippen LogP contribution in [-0.4, -0.2) is 44.9 Å². The lowest BCUT2D eigenvalue weighted by Gasteiger charge is -2.15. The highest BCUT2D eigenvalue weighted by atomic mass is 16.5. The topological polar surface area (TPSA) is 73.6 Å². The van der Waals surface area contributed by atoms with Crippen LogP contribution in [0.3, 0.4) is 0 Å². The van der Waals surface area contributed by atoms with Gasteiger partial charge in [0.2, 0.25) is 5.91 Å². The molecule has 2 aliphatic heterocycles. The minimum absolute atomic E-state index is 0.0203. The molecule has 0 bridgehead atoms. The van der Waals surface area contributed by atoms with Crippen LogP contribution >= 0.6 is 0 Å². The van der Waals surface area contributed by atoms with Crippen molar-refractivity contribution in [2.75, 3.05) is 33.0 Å². The molecule has 3 atom stereocenters. The monoisotopic (exact) mass is 214 g/mol. The van der Waals surface area contributed by atoms with E-state index >= 15 is 0 Å². The third-order valence-corrected chi connectivity index (χ3v) is 3.05. The Bertz CT molecular complexity index is 229. The first-order valence-electron chi connectivity index (χ1n) is 5.46. The summed E-state index contributed by atoms with van der Waals surface area (Å²) in [6.07, 6.45) is 1.04. The van der Waals surface area contributed by atoms with Crippen molar-refractivity contribution in [3.8, 4) is 0 Å². The lowest BCUT2D eigenvalue weighted by Crippen LogP contribution is -2.42. The number of carbonyl (C=O) groups excluding carboxylic acids is 1. The SMILES string of the molecule is NC1COCC1C(=O)NCC1CCOC1. The summed E-state index contributed by atoms with van der Waals surface area (Å²) in [5, 5.41) is 2.92. The van der Waals surface area contributed by atoms with Gasteiger partial charge in [0.05, 0.1) is 25.7 Å². The van der Waals surface area contributed by atoms with Crippen molar-refractivity contribution in [2.24, 2.45) is 17.6 Å². The number of carbonyl (C=O) groups is 1. The maximum Gasteiger partial charge on any atom is 0.227 e. The average molecular weight is 214 g/mol. The number of amides is 1. The highest BCUT2D eigenvalue weighted by molar-refractivity contribution is 5.79. The molecule has 0 aliphatic carbocycles. The largest absolute Gasteiger partial charge is 0.381 e. The number of nitrogens with two attached hydrogens (primary N) is 1. The molecule has 0 aromatic rings. The minimum Gasteiger partial charge on any atom is -0.381 e. The molecule has 1 amide bonds. The fourth-order valence-corrected chi connectivity index (χ4v) is 1.96. The first-order chi connectivity index (χ1) is 7.27. The fraction of sp³-hybridized carbons (Fsp3) is 0.900. The quantitative estimate of drug-likeness (QED) is 0.639. The molecule has 2 fully saturated rings. The molecule has 86 valence electrons. The molecule has 2 aliphatic rings. The standard InChI is InChI=1S/C10H18N2O3/c11-9-6-15-5-8(9)10(13)12-3-7-1-2-14-4-7/h7-9H,1-6,11H2,(H,12,13). The highest BCUT2D eigenvalue weighted by Gasteiger charge is 2.31. The molecule has 0 saturated carbocycles. The molecule has 0 aromatic heterocycles. The Balaban J connectivity index is 1.71. The molecule has 0 spiro atoms. The molecule has 3 N–H and O–H groups in total. The van der Waals surface area contributed by atoms with Crippen LogP contribution in [-0.2, 0) is 14.3 Å². The molecular weight excluding hydrogens is 196 g/mol. The van der Waals surface area contributed by atoms with Crippen molar-refractivity contribution in [3.05, 3.63) is 0 Å². The number of nitrogens with one attached hydrogen (secondary N) is 1. The summed E-state index contributed by atoms with van der Waals surface area (Å²) in [6.45, 7) is 3.21. The summed E-state index contributed by atoms with van der Waals surface area (Å²) in [5.41, 5.74) is 5.75. The second-order valence-corrected chi connectivity index (χ2v) is 4.28. The van der Waals surface area contributed by atoms with Crippen LogP contribution in [0.2, 0.25) is 0 Å². The van der Waals surface area contributed by atoms with E-state index < -0.39 is 0 Å². The second kappa shape index (κ2) is 4.92. The van der Waals surface area contributed by atoms with Gasteiger partial charge in [-0.25, -0.2) is 0 Å². The van der Waals surface area contributed by atoms with E-state index in [4.69, 9.17) is 15.2 Å². The predicted octanol–water partition coefficient (Wildman–Crippen LogP) is -0.887. The molecule has 2 heterocycles. The zero-order valence-electron chi connectivity index (χ0n) is 8.78. The number of rotatable bonds is 3. The van der Waals surface area contributed by atoms with Gasteiger partial charge in [0.15, 0.2) is 0 Å². The molecule has 5 nitrogen and oxygen atoms in total. The third-order valence-electron chi connectivity index (χ3n) is 3.05. The summed E-state index contributed by atoms with van der Waals surface area (Å²) in [4.78, 5) is 11.7. The predicted molar refractivity (Wildman–Crippen MR) is 54.2 cm³/mol. The zero-order chi connectivity index (χ0) is 10.7. The van der Waals surface area contributed by atoms with Crippen molar-refractivity contribution in [1.82, 2.24) is 5.32 Å². The van der Waals surface area contributed by atoms with E-state index in [1.807, 2.05) is 0 Å². The molecule has 0 radical (unpaired) electrons. The van der Waals surface area contributed by atoms with Gasteiger partial charge in [-0.2, -0.15) is 0 Å². The van der Waals surface area contributed by atoms with E-state index in [1.165, 1.54) is 0 Å². The molecule has 15 heavy (non-hydrogen) atoms. The maximum atomic E-state index is 11.7. The van der Waals surface area contributed by atoms with Crippen molar-refractivity contribution in [3.63, 3.8) is 0 Å². The number of hydrogen-bond donors (Lipinski definition) is 2. The lowest BCUT2D eigenvalue weighted by molar-refractivity contribution is -0.125. The van der Waals surface area contributed by atoms with Gasteiger partial charge in [-0.15, -0.1) is 0 Å². The normalized spacial score (nSPS) is 35.7. The van der Waals surface area contributed by atoms with Gasteiger partial charge >= 0.3 is 0 Å². The Morgan fingerprint density at radius 3 is 2.80 bits per heavy atom. The molecular formula is C10H18N2O3. The summed E-state index contributed by atoms with van der Waals surface area (Å²) < 4.78 is 10.4. The van der Waals surface area contributed by atoms with E-state index in [9.17, 15) is 4.79 Å². The molecule has 3 unspecified atom stereocenters. The van der Waals surface area contributed by atoms with Crippen molar-refractivity contribution >= 4 is 5.91 Å². The fourth-order valence-electron chi connectivity index (χ4n) is 1.96. The molecule has 2 rings (SSSR count). The Labute approximate surface area is 89.3 Å². The van der Waals surface area contributed by atoms with Gasteiger partial charge in [0, 0.05) is 25.1 Å². The van der Waals surface area contributed by atoms with Crippen molar-refractivity contribution in [1.29, 1.82) is 0 Å². The van der Waals surface area contributed by atoms with E-state index in [1.54, 1.807) is 0 Å². The third kappa shape index (κ3) is 2.68. The summed E-state index contributed by atoms with van der Waals surface area (Å²) in [7, 11) is 0. The maximum absolute atomic E-state index is 11.7. The Kier molecular flexibility index (Phi) is 3.56. The van der Waals surface area contributed by atoms with Gasteiger partial charge < -0.3 is 20.5 Å². The average Bonchev–Trinajstić information content (AvgIpc) is 2.84. The summed E-state index contributed by atoms with van der Waals surface area (Å²) in [5.74, 6) is 0.312. The van der Waals surface area contributed by atoms with Crippen LogP contribution < -0.4 is 11.1 Å². The van der Waals surface area contributed by atoms with Gasteiger partial charge in [-0.1, -0.05) is 0 Å². The van der Waals surface area contributed by atoms with E-state index in [0.717, 1.165) is 19.6 Å². The lowest BCUT2D eigenvalue weighted by atomic mass is 10.0. The Hall–Kier alpha value is -0.650. The Morgan fingerprint density at radius 1 is 1.33 bits per heavy atom. The second-order valence-electron chi connectivity index (χ2n) is 4.28. The smallest absolute Gasteiger partial charge is 0.227 e. The molecule has 5 heteroatoms. The van der Waals surface area contributed by atoms with Crippen LogP contribution in [0.4, 0.5) is 0 Å². The molecule has 0 aromatic carbocycles. The van der Waals surface area contributed by atoms with Crippen LogP contribution in [0.15, 0.2) is 0 Å². The zero-order valence-corrected chi connectivity index (χ0v) is 8.78. The van der Waals surface area contributed by atoms with E-state index in [0.29, 0.717) is 25.7 Å². The van der Waals surface area contributed by atoms with Gasteiger partial charge in [0.25, 0.3) is 0 Å². The summed E-state index contributed by atoms with van der Waals surface area (Å²) >= 11 is 0. The number of hydrogen-bond acceptors (Lipinski definition) is 4. The first kappa shape index (κ1) is 10.9. The van der Waals surface area contributed by atoms with Crippen molar-refractivity contribution < 1.29 is 14.3 Å². The van der Waals surface area contributed by atoms with Gasteiger partial charge in [-0.05, 0) is 6.42 Å². The van der Waals surface area contributed by atoms with Crippen LogP contribution in [0, 0.1) is 11.8 Å². The van der Waals surface area contributed by atoms with Crippen molar-refractivity contribution in [2.45, 2.75) is 12.5 Å². The van der Waals surface area contributed by atoms with Crippen LogP contribution in [0.1, 0.15) is 6.42 Å². The minimum atomic E-state index is -0.174. The highest BCUT2D eigenvalue weighted by Crippen LogP contribution is 2.13. The summed E-state index contributed by atoms with van der Waals surface area (Å²) in [6, 6.07) is -0.148. The molecule has 2 saturated heterocycles. The van der Waals surface area contributed by atoms with E-state index in [-0.39, 0.29) is 17.9 Å². The van der Waals surface area contributed by atoms with Gasteiger partial charge in [0.1, 0.15) is 0 Å². The van der Waals surface area contributed by atoms with E-state index in [2.05, 4.69) is 5.32 Å².